The average Bonchev–Trinajstić information content (AvgIpc) is 2.91. The maximum Gasteiger partial charge on any atom is 0.272 e. The highest BCUT2D eigenvalue weighted by atomic mass is 16.5. The predicted octanol–water partition coefficient (Wildman–Crippen LogP) is 3.25. The SMILES string of the molecule is COc1ccc(Nc2nccc(C(=O)N3CCCCCC3)n2)cc1. The lowest BCUT2D eigenvalue weighted by atomic mass is 10.2. The van der Waals surface area contributed by atoms with Crippen LogP contribution in [0.4, 0.5) is 11.6 Å². The number of rotatable bonds is 4. The summed E-state index contributed by atoms with van der Waals surface area (Å²) >= 11 is 0. The molecule has 1 aromatic heterocycles. The Morgan fingerprint density at radius 3 is 2.46 bits per heavy atom. The Balaban J connectivity index is 1.71. The van der Waals surface area contributed by atoms with Crippen LogP contribution >= 0.6 is 0 Å². The molecule has 1 aliphatic rings. The zero-order valence-corrected chi connectivity index (χ0v) is 13.9. The Morgan fingerprint density at radius 2 is 1.79 bits per heavy atom. The van der Waals surface area contributed by atoms with Crippen molar-refractivity contribution in [1.29, 1.82) is 0 Å². The summed E-state index contributed by atoms with van der Waals surface area (Å²) in [7, 11) is 1.63. The Labute approximate surface area is 141 Å². The number of nitrogens with zero attached hydrogens (tertiary/aromatic N) is 3. The first-order chi connectivity index (χ1) is 11.8. The van der Waals surface area contributed by atoms with E-state index in [1.54, 1.807) is 19.4 Å². The lowest BCUT2D eigenvalue weighted by Gasteiger charge is -2.19. The van der Waals surface area contributed by atoms with E-state index in [9.17, 15) is 4.79 Å². The van der Waals surface area contributed by atoms with Gasteiger partial charge >= 0.3 is 0 Å². The fourth-order valence-electron chi connectivity index (χ4n) is 2.78. The van der Waals surface area contributed by atoms with Crippen molar-refractivity contribution in [3.63, 3.8) is 0 Å². The molecule has 6 nitrogen and oxygen atoms in total. The molecule has 126 valence electrons. The van der Waals surface area contributed by atoms with Gasteiger partial charge < -0.3 is 15.0 Å². The largest absolute Gasteiger partial charge is 0.497 e. The van der Waals surface area contributed by atoms with Crippen LogP contribution in [0, 0.1) is 0 Å². The first-order valence-electron chi connectivity index (χ1n) is 8.29. The molecule has 2 aromatic rings. The van der Waals surface area contributed by atoms with Crippen LogP contribution in [0.5, 0.6) is 5.75 Å². The number of likely N-dealkylation sites (tertiary alicyclic amines) is 1. The second kappa shape index (κ2) is 7.77. The molecule has 0 atom stereocenters. The monoisotopic (exact) mass is 326 g/mol. The van der Waals surface area contributed by atoms with Gasteiger partial charge in [-0.3, -0.25) is 4.79 Å². The van der Waals surface area contributed by atoms with Gasteiger partial charge in [-0.1, -0.05) is 12.8 Å². The van der Waals surface area contributed by atoms with Crippen LogP contribution in [0.25, 0.3) is 0 Å². The predicted molar refractivity (Wildman–Crippen MR) is 92.7 cm³/mol. The third-order valence-corrected chi connectivity index (χ3v) is 4.11. The number of methoxy groups -OCH3 is 1. The van der Waals surface area contributed by atoms with Gasteiger partial charge in [-0.2, -0.15) is 0 Å². The zero-order valence-electron chi connectivity index (χ0n) is 13.9. The molecule has 1 aromatic carbocycles. The van der Waals surface area contributed by atoms with E-state index in [4.69, 9.17) is 4.74 Å². The van der Waals surface area contributed by atoms with Gasteiger partial charge in [0.2, 0.25) is 5.95 Å². The summed E-state index contributed by atoms with van der Waals surface area (Å²) in [5, 5.41) is 3.12. The summed E-state index contributed by atoms with van der Waals surface area (Å²) in [5.41, 5.74) is 1.28. The molecule has 1 saturated heterocycles. The number of aromatic nitrogens is 2. The molecular formula is C18H22N4O2. The van der Waals surface area contributed by atoms with E-state index in [1.807, 2.05) is 29.2 Å². The Bertz CT molecular complexity index is 680. The third kappa shape index (κ3) is 4.01. The number of carbonyl (C=O) groups is 1. The fraction of sp³-hybridized carbons (Fsp3) is 0.389. The second-order valence-electron chi connectivity index (χ2n) is 5.83. The number of amides is 1. The summed E-state index contributed by atoms with van der Waals surface area (Å²) in [4.78, 5) is 23.1. The number of benzene rings is 1. The molecule has 2 heterocycles. The fourth-order valence-corrected chi connectivity index (χ4v) is 2.78. The highest BCUT2D eigenvalue weighted by molar-refractivity contribution is 5.92. The number of ether oxygens (including phenoxy) is 1. The van der Waals surface area contributed by atoms with Crippen LogP contribution in [-0.2, 0) is 0 Å². The molecule has 0 unspecified atom stereocenters. The molecule has 1 aliphatic heterocycles. The van der Waals surface area contributed by atoms with Crippen LogP contribution in [0.1, 0.15) is 36.2 Å². The Hall–Kier alpha value is -2.63. The molecule has 3 rings (SSSR count). The van der Waals surface area contributed by atoms with Crippen molar-refractivity contribution < 1.29 is 9.53 Å². The van der Waals surface area contributed by atoms with Gasteiger partial charge in [0.25, 0.3) is 5.91 Å². The number of carbonyl (C=O) groups excluding carboxylic acids is 1. The average molecular weight is 326 g/mol. The molecule has 0 radical (unpaired) electrons. The number of hydrogen-bond acceptors (Lipinski definition) is 5. The maximum atomic E-state index is 12.6. The first kappa shape index (κ1) is 16.2. The minimum Gasteiger partial charge on any atom is -0.497 e. The van der Waals surface area contributed by atoms with Gasteiger partial charge in [-0.15, -0.1) is 0 Å². The van der Waals surface area contributed by atoms with E-state index in [1.165, 1.54) is 12.8 Å². The van der Waals surface area contributed by atoms with Gasteiger partial charge in [-0.05, 0) is 43.2 Å². The summed E-state index contributed by atoms with van der Waals surface area (Å²) in [6.45, 7) is 1.62. The van der Waals surface area contributed by atoms with Crippen LogP contribution in [0.2, 0.25) is 0 Å². The van der Waals surface area contributed by atoms with E-state index in [2.05, 4.69) is 15.3 Å². The van der Waals surface area contributed by atoms with Crippen molar-refractivity contribution in [1.82, 2.24) is 14.9 Å². The van der Waals surface area contributed by atoms with Crippen molar-refractivity contribution in [3.05, 3.63) is 42.2 Å². The minimum atomic E-state index is -0.0166. The van der Waals surface area contributed by atoms with Crippen LogP contribution < -0.4 is 10.1 Å². The number of nitrogens with one attached hydrogen (secondary N) is 1. The third-order valence-electron chi connectivity index (χ3n) is 4.11. The topological polar surface area (TPSA) is 67.3 Å². The first-order valence-corrected chi connectivity index (χ1v) is 8.29. The van der Waals surface area contributed by atoms with Gasteiger partial charge in [0.05, 0.1) is 7.11 Å². The highest BCUT2D eigenvalue weighted by Crippen LogP contribution is 2.18. The standard InChI is InChI=1S/C18H22N4O2/c1-24-15-8-6-14(7-9-15)20-18-19-11-10-16(21-18)17(23)22-12-4-2-3-5-13-22/h6-11H,2-5,12-13H2,1H3,(H,19,20,21). The Kier molecular flexibility index (Phi) is 5.25. The highest BCUT2D eigenvalue weighted by Gasteiger charge is 2.18. The van der Waals surface area contributed by atoms with Gasteiger partial charge in [0.15, 0.2) is 0 Å². The molecule has 0 spiro atoms. The lowest BCUT2D eigenvalue weighted by molar-refractivity contribution is 0.0755. The van der Waals surface area contributed by atoms with Gasteiger partial charge in [0, 0.05) is 25.0 Å². The van der Waals surface area contributed by atoms with Crippen molar-refractivity contribution in [2.75, 3.05) is 25.5 Å². The van der Waals surface area contributed by atoms with Crippen molar-refractivity contribution in [2.24, 2.45) is 0 Å². The van der Waals surface area contributed by atoms with Gasteiger partial charge in [0.1, 0.15) is 11.4 Å². The smallest absolute Gasteiger partial charge is 0.272 e. The quantitative estimate of drug-likeness (QED) is 0.934. The van der Waals surface area contributed by atoms with E-state index in [-0.39, 0.29) is 5.91 Å². The molecule has 0 bridgehead atoms. The van der Waals surface area contributed by atoms with Crippen molar-refractivity contribution >= 4 is 17.5 Å². The van der Waals surface area contributed by atoms with E-state index in [0.717, 1.165) is 37.4 Å². The lowest BCUT2D eigenvalue weighted by Crippen LogP contribution is -2.32. The van der Waals surface area contributed by atoms with Crippen molar-refractivity contribution in [2.45, 2.75) is 25.7 Å². The summed E-state index contributed by atoms with van der Waals surface area (Å²) in [5.74, 6) is 1.18. The number of hydrogen-bond donors (Lipinski definition) is 1. The van der Waals surface area contributed by atoms with Crippen molar-refractivity contribution in [3.8, 4) is 5.75 Å². The molecule has 1 N–H and O–H groups in total. The maximum absolute atomic E-state index is 12.6. The summed E-state index contributed by atoms with van der Waals surface area (Å²) < 4.78 is 5.14. The molecule has 6 heteroatoms. The normalized spacial score (nSPS) is 14.8. The Morgan fingerprint density at radius 1 is 1.08 bits per heavy atom. The number of anilines is 2. The molecule has 0 aliphatic carbocycles. The second-order valence-corrected chi connectivity index (χ2v) is 5.83. The summed E-state index contributed by atoms with van der Waals surface area (Å²) in [6.07, 6.45) is 6.13. The van der Waals surface area contributed by atoms with Crippen LogP contribution in [-0.4, -0.2) is 41.0 Å². The molecular weight excluding hydrogens is 304 g/mol. The van der Waals surface area contributed by atoms with E-state index < -0.39 is 0 Å². The molecule has 0 saturated carbocycles. The van der Waals surface area contributed by atoms with E-state index >= 15 is 0 Å². The summed E-state index contributed by atoms with van der Waals surface area (Å²) in [6, 6.07) is 9.15. The molecule has 1 fully saturated rings. The zero-order chi connectivity index (χ0) is 16.8. The minimum absolute atomic E-state index is 0.0166. The van der Waals surface area contributed by atoms with Crippen LogP contribution in [0.15, 0.2) is 36.5 Å². The van der Waals surface area contributed by atoms with Crippen LogP contribution in [0.3, 0.4) is 0 Å². The van der Waals surface area contributed by atoms with Gasteiger partial charge in [-0.25, -0.2) is 9.97 Å². The molecule has 1 amide bonds. The molecule has 24 heavy (non-hydrogen) atoms. The van der Waals surface area contributed by atoms with E-state index in [0.29, 0.717) is 11.6 Å².